The van der Waals surface area contributed by atoms with Crippen LogP contribution in [0.5, 0.6) is 0 Å². The number of hydrogen-bond acceptors (Lipinski definition) is 3. The van der Waals surface area contributed by atoms with Gasteiger partial charge >= 0.3 is 0 Å². The lowest BCUT2D eigenvalue weighted by Gasteiger charge is -2.06. The SMILES string of the molecule is C=C(/C(C)=N\ON)C(C)C. The van der Waals surface area contributed by atoms with Crippen LogP contribution in [0, 0.1) is 5.92 Å². The molecular weight excluding hydrogens is 128 g/mol. The van der Waals surface area contributed by atoms with Gasteiger partial charge in [0.05, 0.1) is 5.71 Å². The lowest BCUT2D eigenvalue weighted by Crippen LogP contribution is -2.05. The molecule has 0 aromatic rings. The standard InChI is InChI=1S/C7H14N2O/c1-5(2)6(3)7(4)9-10-8/h5H,3,8H2,1-2,4H3/b9-7-. The molecule has 0 saturated heterocycles. The first-order valence-corrected chi connectivity index (χ1v) is 3.19. The fourth-order valence-corrected chi connectivity index (χ4v) is 0.555. The van der Waals surface area contributed by atoms with Gasteiger partial charge in [-0.2, -0.15) is 0 Å². The second-order valence-electron chi connectivity index (χ2n) is 2.46. The summed E-state index contributed by atoms with van der Waals surface area (Å²) in [5, 5.41) is 3.54. The van der Waals surface area contributed by atoms with E-state index in [1.54, 1.807) is 0 Å². The summed E-state index contributed by atoms with van der Waals surface area (Å²) in [5.74, 6) is 5.13. The Balaban J connectivity index is 4.08. The molecule has 10 heavy (non-hydrogen) atoms. The highest BCUT2D eigenvalue weighted by atomic mass is 16.7. The van der Waals surface area contributed by atoms with E-state index in [4.69, 9.17) is 5.90 Å². The Labute approximate surface area is 61.5 Å². The van der Waals surface area contributed by atoms with Crippen LogP contribution in [-0.2, 0) is 4.94 Å². The number of nitrogens with zero attached hydrogens (tertiary/aromatic N) is 1. The molecule has 0 radical (unpaired) electrons. The predicted molar refractivity (Wildman–Crippen MR) is 42.4 cm³/mol. The summed E-state index contributed by atoms with van der Waals surface area (Å²) < 4.78 is 0. The minimum absolute atomic E-state index is 0.388. The van der Waals surface area contributed by atoms with E-state index in [0.29, 0.717) is 5.92 Å². The fourth-order valence-electron chi connectivity index (χ4n) is 0.555. The van der Waals surface area contributed by atoms with Crippen LogP contribution in [-0.4, -0.2) is 5.71 Å². The van der Waals surface area contributed by atoms with Gasteiger partial charge in [-0.3, -0.25) is 0 Å². The Morgan fingerprint density at radius 3 is 2.40 bits per heavy atom. The highest BCUT2D eigenvalue weighted by Crippen LogP contribution is 2.08. The molecule has 0 fully saturated rings. The molecule has 0 aliphatic heterocycles. The molecule has 0 unspecified atom stereocenters. The van der Waals surface area contributed by atoms with Gasteiger partial charge in [-0.15, -0.1) is 5.90 Å². The smallest absolute Gasteiger partial charge is 0.0819 e. The average Bonchev–Trinajstić information content (AvgIpc) is 1.87. The number of hydrogen-bond donors (Lipinski definition) is 1. The molecule has 0 heterocycles. The summed E-state index contributed by atoms with van der Waals surface area (Å²) in [4.78, 5) is 4.10. The van der Waals surface area contributed by atoms with E-state index in [2.05, 4.69) is 16.7 Å². The van der Waals surface area contributed by atoms with Gasteiger partial charge < -0.3 is 4.94 Å². The minimum atomic E-state index is 0.388. The molecule has 0 aliphatic rings. The Hall–Kier alpha value is -0.830. The molecule has 2 N–H and O–H groups in total. The molecule has 0 amide bonds. The van der Waals surface area contributed by atoms with Crippen molar-refractivity contribution >= 4 is 5.71 Å². The van der Waals surface area contributed by atoms with Crippen molar-refractivity contribution in [2.75, 3.05) is 0 Å². The van der Waals surface area contributed by atoms with Gasteiger partial charge in [-0.05, 0) is 18.4 Å². The summed E-state index contributed by atoms with van der Waals surface area (Å²) in [6.45, 7) is 9.70. The van der Waals surface area contributed by atoms with Crippen molar-refractivity contribution < 1.29 is 4.94 Å². The zero-order valence-corrected chi connectivity index (χ0v) is 6.72. The number of oxime groups is 1. The maximum Gasteiger partial charge on any atom is 0.0819 e. The summed E-state index contributed by atoms with van der Waals surface area (Å²) in [6.07, 6.45) is 0. The van der Waals surface area contributed by atoms with Gasteiger partial charge in [0, 0.05) is 0 Å². The van der Waals surface area contributed by atoms with Crippen LogP contribution in [0.2, 0.25) is 0 Å². The van der Waals surface area contributed by atoms with E-state index in [1.165, 1.54) is 0 Å². The molecule has 0 aliphatic carbocycles. The monoisotopic (exact) mass is 142 g/mol. The van der Waals surface area contributed by atoms with E-state index >= 15 is 0 Å². The molecule has 0 aromatic heterocycles. The fraction of sp³-hybridized carbons (Fsp3) is 0.571. The van der Waals surface area contributed by atoms with Crippen LogP contribution in [0.25, 0.3) is 0 Å². The third-order valence-corrected chi connectivity index (χ3v) is 1.35. The normalized spacial score (nSPS) is 11.9. The lowest BCUT2D eigenvalue weighted by molar-refractivity contribution is 0.148. The van der Waals surface area contributed by atoms with Crippen molar-refractivity contribution in [3.8, 4) is 0 Å². The van der Waals surface area contributed by atoms with Crippen LogP contribution in [0.4, 0.5) is 0 Å². The molecule has 0 rings (SSSR count). The Morgan fingerprint density at radius 1 is 1.60 bits per heavy atom. The van der Waals surface area contributed by atoms with E-state index in [1.807, 2.05) is 20.8 Å². The number of rotatable bonds is 3. The van der Waals surface area contributed by atoms with E-state index in [-0.39, 0.29) is 0 Å². The summed E-state index contributed by atoms with van der Waals surface area (Å²) >= 11 is 0. The molecule has 3 nitrogen and oxygen atoms in total. The topological polar surface area (TPSA) is 47.6 Å². The zero-order chi connectivity index (χ0) is 8.15. The molecule has 0 saturated carbocycles. The van der Waals surface area contributed by atoms with Crippen LogP contribution >= 0.6 is 0 Å². The van der Waals surface area contributed by atoms with Gasteiger partial charge in [-0.25, -0.2) is 0 Å². The third-order valence-electron chi connectivity index (χ3n) is 1.35. The lowest BCUT2D eigenvalue weighted by atomic mass is 10.0. The predicted octanol–water partition coefficient (Wildman–Crippen LogP) is 1.46. The zero-order valence-electron chi connectivity index (χ0n) is 6.72. The van der Waals surface area contributed by atoms with Crippen molar-refractivity contribution in [3.05, 3.63) is 12.2 Å². The molecule has 0 atom stereocenters. The maximum absolute atomic E-state index is 4.74. The van der Waals surface area contributed by atoms with Gasteiger partial charge in [0.1, 0.15) is 0 Å². The van der Waals surface area contributed by atoms with Crippen molar-refractivity contribution in [2.45, 2.75) is 20.8 Å². The van der Waals surface area contributed by atoms with E-state index < -0.39 is 0 Å². The quantitative estimate of drug-likeness (QED) is 0.479. The Morgan fingerprint density at radius 2 is 2.10 bits per heavy atom. The van der Waals surface area contributed by atoms with E-state index in [9.17, 15) is 0 Å². The average molecular weight is 142 g/mol. The first-order valence-electron chi connectivity index (χ1n) is 3.19. The van der Waals surface area contributed by atoms with Gasteiger partial charge in [0.15, 0.2) is 0 Å². The highest BCUT2D eigenvalue weighted by molar-refractivity contribution is 5.97. The highest BCUT2D eigenvalue weighted by Gasteiger charge is 2.03. The second-order valence-corrected chi connectivity index (χ2v) is 2.46. The molecule has 58 valence electrons. The molecule has 0 spiro atoms. The van der Waals surface area contributed by atoms with Gasteiger partial charge in [0.2, 0.25) is 0 Å². The second kappa shape index (κ2) is 4.06. The molecule has 3 heteroatoms. The van der Waals surface area contributed by atoms with Crippen LogP contribution in [0.15, 0.2) is 17.3 Å². The van der Waals surface area contributed by atoms with Crippen LogP contribution in [0.3, 0.4) is 0 Å². The Bertz CT molecular complexity index is 150. The van der Waals surface area contributed by atoms with Crippen LogP contribution in [0.1, 0.15) is 20.8 Å². The molecule has 0 aromatic carbocycles. The summed E-state index contributed by atoms with van der Waals surface area (Å²) in [6, 6.07) is 0. The van der Waals surface area contributed by atoms with Crippen molar-refractivity contribution in [1.29, 1.82) is 0 Å². The first kappa shape index (κ1) is 9.17. The summed E-state index contributed by atoms with van der Waals surface area (Å²) in [5.41, 5.74) is 1.70. The first-order chi connectivity index (χ1) is 4.59. The maximum atomic E-state index is 4.74. The third kappa shape index (κ3) is 2.64. The van der Waals surface area contributed by atoms with Gasteiger partial charge in [0.25, 0.3) is 0 Å². The molecule has 0 bridgehead atoms. The minimum Gasteiger partial charge on any atom is -0.302 e. The number of nitrogens with two attached hydrogens (primary N) is 1. The van der Waals surface area contributed by atoms with Crippen molar-refractivity contribution in [3.63, 3.8) is 0 Å². The Kier molecular flexibility index (Phi) is 3.72. The molecular formula is C7H14N2O. The van der Waals surface area contributed by atoms with Gasteiger partial charge in [-0.1, -0.05) is 25.6 Å². The largest absolute Gasteiger partial charge is 0.302 e. The van der Waals surface area contributed by atoms with E-state index in [0.717, 1.165) is 11.3 Å². The number of allylic oxidation sites excluding steroid dienone is 1. The van der Waals surface area contributed by atoms with Crippen molar-refractivity contribution in [1.82, 2.24) is 0 Å². The van der Waals surface area contributed by atoms with Crippen LogP contribution < -0.4 is 5.90 Å². The van der Waals surface area contributed by atoms with Crippen molar-refractivity contribution in [2.24, 2.45) is 17.0 Å². The summed E-state index contributed by atoms with van der Waals surface area (Å²) in [7, 11) is 0.